The largest absolute Gasteiger partial charge is 0.396 e. The molecule has 0 fully saturated rings. The molecular formula is C10H7BrClFN4O2S. The van der Waals surface area contributed by atoms with Crippen molar-refractivity contribution in [1.29, 1.82) is 0 Å². The second-order valence-electron chi connectivity index (χ2n) is 3.65. The van der Waals surface area contributed by atoms with Gasteiger partial charge in [-0.25, -0.2) is 12.8 Å². The molecule has 0 aliphatic rings. The smallest absolute Gasteiger partial charge is 0.264 e. The summed E-state index contributed by atoms with van der Waals surface area (Å²) in [6.45, 7) is 0. The van der Waals surface area contributed by atoms with Crippen LogP contribution in [0.2, 0.25) is 5.15 Å². The summed E-state index contributed by atoms with van der Waals surface area (Å²) < 4.78 is 39.7. The fraction of sp³-hybridized carbons (Fsp3) is 0. The molecule has 20 heavy (non-hydrogen) atoms. The van der Waals surface area contributed by atoms with E-state index >= 15 is 0 Å². The lowest BCUT2D eigenvalue weighted by Gasteiger charge is -2.09. The Kier molecular flexibility index (Phi) is 4.11. The first-order valence-electron chi connectivity index (χ1n) is 5.06. The molecule has 0 aliphatic heterocycles. The van der Waals surface area contributed by atoms with Gasteiger partial charge in [0.25, 0.3) is 10.0 Å². The molecule has 0 saturated heterocycles. The minimum atomic E-state index is -3.99. The average Bonchev–Trinajstić information content (AvgIpc) is 2.36. The summed E-state index contributed by atoms with van der Waals surface area (Å²) in [5.74, 6) is -0.744. The SMILES string of the molecule is Nc1cc(S(=O)(=O)Nc2ccc(Cl)nn2)c(Br)cc1F. The van der Waals surface area contributed by atoms with Crippen molar-refractivity contribution in [3.63, 3.8) is 0 Å². The number of anilines is 2. The Morgan fingerprint density at radius 1 is 1.30 bits per heavy atom. The fourth-order valence-corrected chi connectivity index (χ4v) is 3.46. The summed E-state index contributed by atoms with van der Waals surface area (Å²) in [7, 11) is -3.99. The van der Waals surface area contributed by atoms with Crippen molar-refractivity contribution < 1.29 is 12.8 Å². The van der Waals surface area contributed by atoms with Crippen LogP contribution in [0.5, 0.6) is 0 Å². The summed E-state index contributed by atoms with van der Waals surface area (Å²) >= 11 is 8.52. The quantitative estimate of drug-likeness (QED) is 0.796. The number of aromatic nitrogens is 2. The zero-order valence-electron chi connectivity index (χ0n) is 9.64. The molecule has 2 aromatic rings. The van der Waals surface area contributed by atoms with Gasteiger partial charge in [0.1, 0.15) is 10.7 Å². The first kappa shape index (κ1) is 14.9. The number of nitrogens with one attached hydrogen (secondary N) is 1. The Hall–Kier alpha value is -1.45. The third-order valence-electron chi connectivity index (χ3n) is 2.21. The molecule has 0 saturated carbocycles. The van der Waals surface area contributed by atoms with E-state index < -0.39 is 15.8 Å². The van der Waals surface area contributed by atoms with E-state index in [9.17, 15) is 12.8 Å². The highest BCUT2D eigenvalue weighted by atomic mass is 79.9. The molecule has 0 aliphatic carbocycles. The summed E-state index contributed by atoms with van der Waals surface area (Å²) in [5.41, 5.74) is 5.08. The molecule has 10 heteroatoms. The van der Waals surface area contributed by atoms with Gasteiger partial charge in [0.05, 0.1) is 5.69 Å². The van der Waals surface area contributed by atoms with Gasteiger partial charge in [0, 0.05) is 4.47 Å². The van der Waals surface area contributed by atoms with Crippen molar-refractivity contribution in [3.8, 4) is 0 Å². The molecule has 0 spiro atoms. The predicted octanol–water partition coefficient (Wildman–Crippen LogP) is 2.41. The van der Waals surface area contributed by atoms with E-state index in [2.05, 4.69) is 30.8 Å². The molecule has 6 nitrogen and oxygen atoms in total. The number of nitrogen functional groups attached to an aromatic ring is 1. The van der Waals surface area contributed by atoms with Gasteiger partial charge in [0.2, 0.25) is 0 Å². The first-order valence-corrected chi connectivity index (χ1v) is 7.71. The van der Waals surface area contributed by atoms with Gasteiger partial charge in [-0.2, -0.15) is 0 Å². The lowest BCUT2D eigenvalue weighted by atomic mass is 10.3. The molecule has 2 rings (SSSR count). The Morgan fingerprint density at radius 3 is 2.60 bits per heavy atom. The van der Waals surface area contributed by atoms with Crippen molar-refractivity contribution in [2.24, 2.45) is 0 Å². The normalized spacial score (nSPS) is 11.3. The van der Waals surface area contributed by atoms with E-state index in [-0.39, 0.29) is 26.0 Å². The summed E-state index contributed by atoms with van der Waals surface area (Å²) in [6, 6.07) is 4.69. The highest BCUT2D eigenvalue weighted by molar-refractivity contribution is 9.10. The van der Waals surface area contributed by atoms with Crippen molar-refractivity contribution in [1.82, 2.24) is 10.2 Å². The van der Waals surface area contributed by atoms with Gasteiger partial charge in [-0.15, -0.1) is 10.2 Å². The molecular weight excluding hydrogens is 375 g/mol. The van der Waals surface area contributed by atoms with E-state index in [1.807, 2.05) is 0 Å². The van der Waals surface area contributed by atoms with Gasteiger partial charge < -0.3 is 5.73 Å². The summed E-state index contributed by atoms with van der Waals surface area (Å²) in [6.07, 6.45) is 0. The minimum Gasteiger partial charge on any atom is -0.396 e. The lowest BCUT2D eigenvalue weighted by Crippen LogP contribution is -2.15. The first-order chi connectivity index (χ1) is 9.29. The third kappa shape index (κ3) is 3.17. The monoisotopic (exact) mass is 380 g/mol. The van der Waals surface area contributed by atoms with Gasteiger partial charge >= 0.3 is 0 Å². The van der Waals surface area contributed by atoms with E-state index in [1.165, 1.54) is 12.1 Å². The molecule has 0 atom stereocenters. The van der Waals surface area contributed by atoms with Crippen LogP contribution in [0, 0.1) is 5.82 Å². The second-order valence-corrected chi connectivity index (χ2v) is 6.54. The maximum atomic E-state index is 13.2. The van der Waals surface area contributed by atoms with E-state index in [0.29, 0.717) is 0 Å². The van der Waals surface area contributed by atoms with Crippen molar-refractivity contribution in [2.75, 3.05) is 10.5 Å². The standard InChI is InChI=1S/C10H7BrClFN4O2S/c11-5-3-6(13)7(14)4-8(5)20(18,19)17-10-2-1-9(12)15-16-10/h1-4H,14H2,(H,16,17). The lowest BCUT2D eigenvalue weighted by molar-refractivity contribution is 0.599. The fourth-order valence-electron chi connectivity index (χ4n) is 1.31. The van der Waals surface area contributed by atoms with Gasteiger partial charge in [-0.3, -0.25) is 4.72 Å². The molecule has 1 aromatic heterocycles. The highest BCUT2D eigenvalue weighted by Gasteiger charge is 2.20. The number of nitrogens with zero attached hydrogens (tertiary/aromatic N) is 2. The van der Waals surface area contributed by atoms with Gasteiger partial charge in [0.15, 0.2) is 11.0 Å². The van der Waals surface area contributed by atoms with Crippen molar-refractivity contribution in [3.05, 3.63) is 39.7 Å². The molecule has 0 bridgehead atoms. The maximum absolute atomic E-state index is 13.2. The van der Waals surface area contributed by atoms with Gasteiger partial charge in [-0.1, -0.05) is 11.6 Å². The summed E-state index contributed by atoms with van der Waals surface area (Å²) in [4.78, 5) is -0.215. The van der Waals surface area contributed by atoms with E-state index in [4.69, 9.17) is 17.3 Å². The summed E-state index contributed by atoms with van der Waals surface area (Å²) in [5, 5.41) is 7.19. The van der Waals surface area contributed by atoms with Crippen molar-refractivity contribution in [2.45, 2.75) is 4.90 Å². The number of sulfonamides is 1. The van der Waals surface area contributed by atoms with Crippen LogP contribution in [0.15, 0.2) is 33.6 Å². The zero-order valence-corrected chi connectivity index (χ0v) is 12.8. The number of benzene rings is 1. The van der Waals surface area contributed by atoms with Crippen LogP contribution in [-0.4, -0.2) is 18.6 Å². The Morgan fingerprint density at radius 2 is 2.00 bits per heavy atom. The molecule has 1 heterocycles. The zero-order chi connectivity index (χ0) is 14.9. The Bertz CT molecular complexity index is 755. The molecule has 3 N–H and O–H groups in total. The van der Waals surface area contributed by atoms with Crippen LogP contribution >= 0.6 is 27.5 Å². The third-order valence-corrected chi connectivity index (χ3v) is 4.73. The second kappa shape index (κ2) is 5.51. The number of hydrogen-bond donors (Lipinski definition) is 2. The molecule has 106 valence electrons. The molecule has 0 unspecified atom stereocenters. The van der Waals surface area contributed by atoms with Gasteiger partial charge in [-0.05, 0) is 40.2 Å². The van der Waals surface area contributed by atoms with Crippen LogP contribution < -0.4 is 10.5 Å². The minimum absolute atomic E-state index is 0.0239. The molecule has 0 radical (unpaired) electrons. The van der Waals surface area contributed by atoms with Crippen molar-refractivity contribution >= 4 is 49.1 Å². The number of nitrogens with two attached hydrogens (primary N) is 1. The maximum Gasteiger partial charge on any atom is 0.264 e. The van der Waals surface area contributed by atoms with E-state index in [0.717, 1.165) is 12.1 Å². The highest BCUT2D eigenvalue weighted by Crippen LogP contribution is 2.28. The van der Waals surface area contributed by atoms with Crippen LogP contribution in [0.4, 0.5) is 15.9 Å². The van der Waals surface area contributed by atoms with Crippen LogP contribution in [-0.2, 0) is 10.0 Å². The average molecular weight is 382 g/mol. The van der Waals surface area contributed by atoms with Crippen LogP contribution in [0.1, 0.15) is 0 Å². The number of hydrogen-bond acceptors (Lipinski definition) is 5. The Balaban J connectivity index is 2.40. The number of rotatable bonds is 3. The molecule has 0 amide bonds. The van der Waals surface area contributed by atoms with Crippen LogP contribution in [0.3, 0.4) is 0 Å². The van der Waals surface area contributed by atoms with Crippen LogP contribution in [0.25, 0.3) is 0 Å². The molecule has 1 aromatic carbocycles. The Labute approximate surface area is 127 Å². The predicted molar refractivity (Wildman–Crippen MR) is 76.4 cm³/mol. The van der Waals surface area contributed by atoms with E-state index in [1.54, 1.807) is 0 Å². The number of halogens is 3. The topological polar surface area (TPSA) is 98.0 Å².